The lowest BCUT2D eigenvalue weighted by Gasteiger charge is -2.13. The molecule has 2 aromatic rings. The van der Waals surface area contributed by atoms with Crippen LogP contribution in [0.5, 0.6) is 0 Å². The lowest BCUT2D eigenvalue weighted by molar-refractivity contribution is -0.420. The maximum Gasteiger partial charge on any atom is 0.323 e. The van der Waals surface area contributed by atoms with Gasteiger partial charge in [-0.25, -0.2) is 0 Å². The number of rotatable bonds is 0. The molecule has 0 saturated carbocycles. The minimum Gasteiger partial charge on any atom is -0.262 e. The molecule has 0 bridgehead atoms. The van der Waals surface area contributed by atoms with Gasteiger partial charge in [-0.3, -0.25) is 4.42 Å². The van der Waals surface area contributed by atoms with Crippen molar-refractivity contribution in [1.82, 2.24) is 0 Å². The largest absolute Gasteiger partial charge is 0.323 e. The zero-order valence-electron chi connectivity index (χ0n) is 10.9. The quantitative estimate of drug-likeness (QED) is 0.538. The molecular weight excluding hydrogens is 232 g/mol. The highest BCUT2D eigenvalue weighted by atomic mass is 16.4. The summed E-state index contributed by atoms with van der Waals surface area (Å²) in [6, 6.07) is 13.2. The molecule has 0 unspecified atom stereocenters. The Hall–Kier alpha value is -2.15. The Bertz CT molecular complexity index is 735. The number of hydrogen-bond donors (Lipinski definition) is 0. The summed E-state index contributed by atoms with van der Waals surface area (Å²) in [6.45, 7) is 0. The molecule has 19 heavy (non-hydrogen) atoms. The third kappa shape index (κ3) is 1.51. The van der Waals surface area contributed by atoms with Crippen molar-refractivity contribution < 1.29 is 4.42 Å². The molecule has 2 aliphatic rings. The summed E-state index contributed by atoms with van der Waals surface area (Å²) in [4.78, 5) is 0. The Labute approximate surface area is 112 Å². The van der Waals surface area contributed by atoms with Crippen LogP contribution in [0.3, 0.4) is 0 Å². The number of ketones is 1. The van der Waals surface area contributed by atoms with Gasteiger partial charge in [-0.2, -0.15) is 0 Å². The molecule has 4 rings (SSSR count). The zero-order valence-corrected chi connectivity index (χ0v) is 10.9. The summed E-state index contributed by atoms with van der Waals surface area (Å²) >= 11 is 0. The van der Waals surface area contributed by atoms with E-state index in [1.165, 1.54) is 33.4 Å². The van der Waals surface area contributed by atoms with Crippen LogP contribution in [0.2, 0.25) is 0 Å². The number of carbonyl (C=O) groups excluding carboxylic acids is 1. The van der Waals surface area contributed by atoms with E-state index in [9.17, 15) is 0 Å². The van der Waals surface area contributed by atoms with Crippen molar-refractivity contribution in [3.8, 4) is 11.1 Å². The first-order valence-corrected chi connectivity index (χ1v) is 6.68. The van der Waals surface area contributed by atoms with Gasteiger partial charge in [0, 0.05) is 6.08 Å². The number of benzene rings is 2. The average molecular weight is 247 g/mol. The molecule has 0 aliphatic heterocycles. The molecule has 0 saturated heterocycles. The van der Waals surface area contributed by atoms with E-state index in [-0.39, 0.29) is 0 Å². The van der Waals surface area contributed by atoms with Crippen molar-refractivity contribution in [3.63, 3.8) is 0 Å². The molecule has 0 heterocycles. The van der Waals surface area contributed by atoms with Gasteiger partial charge >= 0.3 is 5.78 Å². The summed E-state index contributed by atoms with van der Waals surface area (Å²) < 4.78 is 5.41. The Balaban J connectivity index is 1.94. The van der Waals surface area contributed by atoms with E-state index in [0.29, 0.717) is 0 Å². The average Bonchev–Trinajstić information content (AvgIpc) is 2.85. The van der Waals surface area contributed by atoms with E-state index in [1.54, 1.807) is 7.11 Å². The molecule has 92 valence electrons. The number of hydrogen-bond acceptors (Lipinski definition) is 0. The molecule has 0 spiro atoms. The molecule has 0 fully saturated rings. The monoisotopic (exact) mass is 247 g/mol. The fourth-order valence-corrected chi connectivity index (χ4v) is 3.21. The van der Waals surface area contributed by atoms with Crippen molar-refractivity contribution in [2.75, 3.05) is 7.11 Å². The molecule has 0 aromatic heterocycles. The third-order valence-electron chi connectivity index (χ3n) is 4.20. The molecule has 2 aliphatic carbocycles. The van der Waals surface area contributed by atoms with Crippen LogP contribution in [0.15, 0.2) is 42.5 Å². The summed E-state index contributed by atoms with van der Waals surface area (Å²) in [5, 5.41) is 0. The standard InChI is InChI=1S/C18H15O/c1-19-14-8-6-12-7-9-16-15-5-3-2-4-13(15)10-18(16)17(12)11-14/h2-9H,10-11H2,1H3/q+1. The second kappa shape index (κ2) is 3.92. The van der Waals surface area contributed by atoms with Crippen LogP contribution in [0.4, 0.5) is 0 Å². The summed E-state index contributed by atoms with van der Waals surface area (Å²) in [7, 11) is 1.75. The molecule has 0 N–H and O–H groups in total. The van der Waals surface area contributed by atoms with Crippen LogP contribution in [0, 0.1) is 0 Å². The third-order valence-corrected chi connectivity index (χ3v) is 4.20. The lowest BCUT2D eigenvalue weighted by Crippen LogP contribution is -2.10. The zero-order chi connectivity index (χ0) is 12.8. The van der Waals surface area contributed by atoms with Crippen LogP contribution >= 0.6 is 0 Å². The predicted molar refractivity (Wildman–Crippen MR) is 78.4 cm³/mol. The highest BCUT2D eigenvalue weighted by molar-refractivity contribution is 6.00. The fourth-order valence-electron chi connectivity index (χ4n) is 3.21. The van der Waals surface area contributed by atoms with Gasteiger partial charge in [0.2, 0.25) is 0 Å². The first-order valence-electron chi connectivity index (χ1n) is 6.68. The number of allylic oxidation sites excluding steroid dienone is 1. The second-order valence-corrected chi connectivity index (χ2v) is 5.17. The minimum atomic E-state index is 0.916. The van der Waals surface area contributed by atoms with Gasteiger partial charge in [-0.1, -0.05) is 36.4 Å². The van der Waals surface area contributed by atoms with E-state index in [2.05, 4.69) is 48.6 Å². The topological polar surface area (TPSA) is 11.3 Å². The highest BCUT2D eigenvalue weighted by Gasteiger charge is 2.26. The Morgan fingerprint density at radius 3 is 2.63 bits per heavy atom. The van der Waals surface area contributed by atoms with Crippen LogP contribution < -0.4 is 0 Å². The fraction of sp³-hybridized carbons (Fsp3) is 0.167. The maximum absolute atomic E-state index is 5.41. The highest BCUT2D eigenvalue weighted by Crippen LogP contribution is 2.40. The van der Waals surface area contributed by atoms with E-state index >= 15 is 0 Å². The molecule has 0 atom stereocenters. The van der Waals surface area contributed by atoms with Gasteiger partial charge in [-0.05, 0) is 45.9 Å². The van der Waals surface area contributed by atoms with Crippen LogP contribution in [0.1, 0.15) is 22.3 Å². The Morgan fingerprint density at radius 1 is 0.842 bits per heavy atom. The Morgan fingerprint density at radius 2 is 1.74 bits per heavy atom. The SMILES string of the molecule is C[O+]=C1C=Cc2ccc3c(c2C1)Cc1ccccc1-3. The lowest BCUT2D eigenvalue weighted by atomic mass is 9.89. The molecule has 1 heteroatoms. The van der Waals surface area contributed by atoms with E-state index in [0.717, 1.165) is 18.6 Å². The van der Waals surface area contributed by atoms with Crippen molar-refractivity contribution in [3.05, 3.63) is 64.7 Å². The molecule has 2 aromatic carbocycles. The minimum absolute atomic E-state index is 0.916. The smallest absolute Gasteiger partial charge is 0.262 e. The summed E-state index contributed by atoms with van der Waals surface area (Å²) in [5.74, 6) is 1.05. The van der Waals surface area contributed by atoms with Crippen molar-refractivity contribution in [2.24, 2.45) is 0 Å². The summed E-state index contributed by atoms with van der Waals surface area (Å²) in [5.41, 5.74) is 8.51. The predicted octanol–water partition coefficient (Wildman–Crippen LogP) is 3.56. The molecular formula is C18H15O+. The summed E-state index contributed by atoms with van der Waals surface area (Å²) in [6.07, 6.45) is 6.22. The number of fused-ring (bicyclic) bond motifs is 5. The van der Waals surface area contributed by atoms with Gasteiger partial charge in [0.1, 0.15) is 0 Å². The van der Waals surface area contributed by atoms with E-state index < -0.39 is 0 Å². The van der Waals surface area contributed by atoms with Gasteiger partial charge < -0.3 is 0 Å². The Kier molecular flexibility index (Phi) is 2.22. The first kappa shape index (κ1) is 10.7. The van der Waals surface area contributed by atoms with Gasteiger partial charge in [0.05, 0.1) is 6.42 Å². The van der Waals surface area contributed by atoms with Gasteiger partial charge in [-0.15, -0.1) is 0 Å². The van der Waals surface area contributed by atoms with Crippen molar-refractivity contribution >= 4 is 11.9 Å². The maximum atomic E-state index is 5.41. The van der Waals surface area contributed by atoms with Gasteiger partial charge in [0.25, 0.3) is 7.11 Å². The molecule has 0 amide bonds. The van der Waals surface area contributed by atoms with E-state index in [4.69, 9.17) is 4.42 Å². The van der Waals surface area contributed by atoms with Crippen molar-refractivity contribution in [1.29, 1.82) is 0 Å². The van der Waals surface area contributed by atoms with Crippen molar-refractivity contribution in [2.45, 2.75) is 12.8 Å². The van der Waals surface area contributed by atoms with Crippen LogP contribution in [0.25, 0.3) is 17.2 Å². The second-order valence-electron chi connectivity index (χ2n) is 5.17. The molecule has 1 nitrogen and oxygen atoms in total. The van der Waals surface area contributed by atoms with E-state index in [1.807, 2.05) is 0 Å². The van der Waals surface area contributed by atoms with Crippen LogP contribution in [-0.4, -0.2) is 12.9 Å². The molecule has 0 radical (unpaired) electrons. The van der Waals surface area contributed by atoms with Crippen LogP contribution in [-0.2, 0) is 17.3 Å². The first-order chi connectivity index (χ1) is 9.36. The normalized spacial score (nSPS) is 17.2. The van der Waals surface area contributed by atoms with Gasteiger partial charge in [0.15, 0.2) is 0 Å².